The summed E-state index contributed by atoms with van der Waals surface area (Å²) in [6, 6.07) is 0. The largest absolute Gasteiger partial charge is 0.479 e. The molecule has 0 unspecified atom stereocenters. The van der Waals surface area contributed by atoms with E-state index in [1.54, 1.807) is 28.6 Å². The predicted octanol–water partition coefficient (Wildman–Crippen LogP) is 0.555. The molecular formula is CH6B2FIS. The van der Waals surface area contributed by atoms with Crippen LogP contribution >= 0.6 is 34.0 Å². The second-order valence-corrected chi connectivity index (χ2v) is 3.32. The van der Waals surface area contributed by atoms with Gasteiger partial charge >= 0.3 is 4.12 Å². The summed E-state index contributed by atoms with van der Waals surface area (Å²) in [7, 11) is 0. The SMILES string of the molecule is B.CSB(F)I. The smallest absolute Gasteiger partial charge is 0.304 e. The highest BCUT2D eigenvalue weighted by Gasteiger charge is 2.00. The summed E-state index contributed by atoms with van der Waals surface area (Å²) in [6.07, 6.45) is 1.73. The Bertz CT molecular complexity index is 27.5. The summed E-state index contributed by atoms with van der Waals surface area (Å²) < 4.78 is 10.7. The van der Waals surface area contributed by atoms with Gasteiger partial charge in [-0.25, -0.2) is 0 Å². The van der Waals surface area contributed by atoms with Gasteiger partial charge in [-0.3, -0.25) is 0 Å². The van der Waals surface area contributed by atoms with Crippen LogP contribution in [0.3, 0.4) is 0 Å². The van der Waals surface area contributed by atoms with Crippen molar-refractivity contribution in [1.29, 1.82) is 0 Å². The van der Waals surface area contributed by atoms with E-state index < -0.39 is 4.12 Å². The second-order valence-electron chi connectivity index (χ2n) is 0.496. The standard InChI is InChI=1S/CH3BFIS.BH3/c1-5-2(3)4;/h1H3;1H3. The van der Waals surface area contributed by atoms with Gasteiger partial charge in [-0.15, -0.1) is 0 Å². The normalized spacial score (nSPS) is 6.50. The van der Waals surface area contributed by atoms with E-state index in [9.17, 15) is 4.32 Å². The van der Waals surface area contributed by atoms with Crippen molar-refractivity contribution in [1.82, 2.24) is 0 Å². The molecule has 0 spiro atoms. The van der Waals surface area contributed by atoms with Crippen molar-refractivity contribution in [2.24, 2.45) is 0 Å². The molecule has 0 saturated carbocycles. The maximum absolute atomic E-state index is 11.4. The van der Waals surface area contributed by atoms with Crippen LogP contribution in [0, 0.1) is 0 Å². The highest BCUT2D eigenvalue weighted by molar-refractivity contribution is 14.1. The Morgan fingerprint density at radius 2 is 2.00 bits per heavy atom. The molecule has 0 aliphatic rings. The van der Waals surface area contributed by atoms with Crippen molar-refractivity contribution in [3.05, 3.63) is 0 Å². The van der Waals surface area contributed by atoms with Crippen LogP contribution in [0.5, 0.6) is 0 Å². The van der Waals surface area contributed by atoms with E-state index in [2.05, 4.69) is 0 Å². The Morgan fingerprint density at radius 1 is 1.83 bits per heavy atom. The van der Waals surface area contributed by atoms with Gasteiger partial charge in [0.1, 0.15) is 0 Å². The zero-order valence-electron chi connectivity index (χ0n) is 2.74. The molecule has 0 bridgehead atoms. The number of halogens is 2. The molecular weight excluding hydrogens is 212 g/mol. The molecule has 36 valence electrons. The average Bonchev–Trinajstić information content (AvgIpc) is 1.38. The quantitative estimate of drug-likeness (QED) is 0.457. The highest BCUT2D eigenvalue weighted by Crippen LogP contribution is 2.08. The van der Waals surface area contributed by atoms with E-state index in [0.29, 0.717) is 0 Å². The van der Waals surface area contributed by atoms with Crippen LogP contribution in [0.25, 0.3) is 0 Å². The van der Waals surface area contributed by atoms with Crippen LogP contribution in [0.15, 0.2) is 0 Å². The first-order valence-electron chi connectivity index (χ1n) is 1.08. The maximum Gasteiger partial charge on any atom is 0.479 e. The molecule has 0 radical (unpaired) electrons. The first-order chi connectivity index (χ1) is 2.27. The van der Waals surface area contributed by atoms with E-state index >= 15 is 0 Å². The molecule has 0 atom stereocenters. The summed E-state index contributed by atoms with van der Waals surface area (Å²) in [4.78, 5) is 0. The van der Waals surface area contributed by atoms with E-state index in [4.69, 9.17) is 0 Å². The molecule has 0 fully saturated rings. The minimum absolute atomic E-state index is 0. The fourth-order valence-corrected chi connectivity index (χ4v) is 0. The van der Waals surface area contributed by atoms with Crippen LogP contribution in [-0.2, 0) is 0 Å². The van der Waals surface area contributed by atoms with Crippen LogP contribution in [0.4, 0.5) is 4.32 Å². The fraction of sp³-hybridized carbons (Fsp3) is 1.00. The van der Waals surface area contributed by atoms with Crippen molar-refractivity contribution in [3.8, 4) is 0 Å². The lowest BCUT2D eigenvalue weighted by Gasteiger charge is -1.77. The van der Waals surface area contributed by atoms with Gasteiger partial charge in [0.05, 0.1) is 8.41 Å². The van der Waals surface area contributed by atoms with Gasteiger partial charge in [0.2, 0.25) is 0 Å². The van der Waals surface area contributed by atoms with E-state index in [0.717, 1.165) is 0 Å². The number of hydrogen-bond donors (Lipinski definition) is 0. The van der Waals surface area contributed by atoms with Gasteiger partial charge in [-0.05, 0) is 6.26 Å². The van der Waals surface area contributed by atoms with Gasteiger partial charge in [0.25, 0.3) is 0 Å². The van der Waals surface area contributed by atoms with Gasteiger partial charge in [-0.2, -0.15) is 11.6 Å². The molecule has 0 N–H and O–H groups in total. The Hall–Kier alpha value is 1.14. The summed E-state index contributed by atoms with van der Waals surface area (Å²) in [5.74, 6) is 0. The molecule has 6 heavy (non-hydrogen) atoms. The van der Waals surface area contributed by atoms with E-state index in [-0.39, 0.29) is 8.41 Å². The molecule has 0 saturated heterocycles. The van der Waals surface area contributed by atoms with Gasteiger partial charge < -0.3 is 4.32 Å². The summed E-state index contributed by atoms with van der Waals surface area (Å²) in [6.45, 7) is 0. The Labute approximate surface area is 57.1 Å². The molecule has 0 rings (SSSR count). The minimum Gasteiger partial charge on any atom is -0.304 e. The molecule has 0 nitrogen and oxygen atoms in total. The number of rotatable bonds is 1. The monoisotopic (exact) mass is 218 g/mol. The predicted molar refractivity (Wildman–Crippen MR) is 44.3 cm³/mol. The summed E-state index contributed by atoms with van der Waals surface area (Å²) >= 11 is 2.90. The van der Waals surface area contributed by atoms with E-state index in [1.807, 2.05) is 0 Å². The van der Waals surface area contributed by atoms with Crippen molar-refractivity contribution in [2.45, 2.75) is 0 Å². The number of hydrogen-bond acceptors (Lipinski definition) is 1. The van der Waals surface area contributed by atoms with Crippen LogP contribution in [0.2, 0.25) is 0 Å². The van der Waals surface area contributed by atoms with Gasteiger partial charge in [0.15, 0.2) is 0 Å². The first kappa shape index (κ1) is 10.2. The molecule has 0 aromatic carbocycles. The molecule has 5 heteroatoms. The topological polar surface area (TPSA) is 0 Å². The highest BCUT2D eigenvalue weighted by atomic mass is 127. The molecule has 0 aliphatic carbocycles. The van der Waals surface area contributed by atoms with Crippen LogP contribution < -0.4 is 0 Å². The van der Waals surface area contributed by atoms with Gasteiger partial charge in [0, 0.05) is 0 Å². The van der Waals surface area contributed by atoms with Crippen LogP contribution in [0.1, 0.15) is 0 Å². The molecule has 0 aliphatic heterocycles. The maximum atomic E-state index is 11.4. The Kier molecular flexibility index (Phi) is 10.4. The average molecular weight is 218 g/mol. The van der Waals surface area contributed by atoms with Crippen molar-refractivity contribution in [3.63, 3.8) is 0 Å². The van der Waals surface area contributed by atoms with Crippen molar-refractivity contribution >= 4 is 46.5 Å². The van der Waals surface area contributed by atoms with Gasteiger partial charge in [-0.1, -0.05) is 22.4 Å². The summed E-state index contributed by atoms with van der Waals surface area (Å²) in [5, 5.41) is 0. The Morgan fingerprint density at radius 3 is 2.00 bits per heavy atom. The third kappa shape index (κ3) is 8.94. The zero-order chi connectivity index (χ0) is 4.28. The van der Waals surface area contributed by atoms with Crippen molar-refractivity contribution in [2.75, 3.05) is 6.26 Å². The fourth-order valence-electron chi connectivity index (χ4n) is 0. The molecule has 0 amide bonds. The molecule has 0 heterocycles. The van der Waals surface area contributed by atoms with Crippen LogP contribution in [-0.4, -0.2) is 18.8 Å². The third-order valence-corrected chi connectivity index (χ3v) is 2.06. The lowest BCUT2D eigenvalue weighted by atomic mass is 10.6. The molecule has 0 aromatic rings. The lowest BCUT2D eigenvalue weighted by molar-refractivity contribution is 0.892. The summed E-state index contributed by atoms with van der Waals surface area (Å²) in [5.41, 5.74) is 0. The zero-order valence-corrected chi connectivity index (χ0v) is 5.72. The molecule has 0 aromatic heterocycles. The second kappa shape index (κ2) is 6.14. The van der Waals surface area contributed by atoms with Crippen molar-refractivity contribution < 1.29 is 4.32 Å². The minimum atomic E-state index is -0.729. The first-order valence-corrected chi connectivity index (χ1v) is 3.61. The Balaban J connectivity index is 0. The van der Waals surface area contributed by atoms with E-state index in [1.165, 1.54) is 11.6 Å². The third-order valence-electron chi connectivity index (χ3n) is 0.178. The lowest BCUT2D eigenvalue weighted by Crippen LogP contribution is -1.77.